The van der Waals surface area contributed by atoms with Crippen molar-refractivity contribution in [2.45, 2.75) is 45.6 Å². The molecule has 1 aromatic rings. The highest BCUT2D eigenvalue weighted by Gasteiger charge is 2.13. The molecule has 1 amide bonds. The molecule has 17 heavy (non-hydrogen) atoms. The second-order valence-electron chi connectivity index (χ2n) is 4.37. The molecule has 1 atom stereocenters. The highest BCUT2D eigenvalue weighted by atomic mass is 32.1. The first-order chi connectivity index (χ1) is 8.04. The summed E-state index contributed by atoms with van der Waals surface area (Å²) in [6, 6.07) is 0. The van der Waals surface area contributed by atoms with Gasteiger partial charge in [-0.15, -0.1) is 11.3 Å². The van der Waals surface area contributed by atoms with Crippen LogP contribution in [0.3, 0.4) is 0 Å². The molecule has 0 radical (unpaired) electrons. The lowest BCUT2D eigenvalue weighted by atomic mass is 10.2. The topological polar surface area (TPSA) is 62.2 Å². The van der Waals surface area contributed by atoms with E-state index in [9.17, 15) is 9.90 Å². The van der Waals surface area contributed by atoms with Crippen LogP contribution in [0.25, 0.3) is 0 Å². The molecule has 0 fully saturated rings. The van der Waals surface area contributed by atoms with Crippen molar-refractivity contribution in [3.05, 3.63) is 16.1 Å². The van der Waals surface area contributed by atoms with Gasteiger partial charge in [-0.25, -0.2) is 4.98 Å². The molecule has 4 nitrogen and oxygen atoms in total. The number of aromatic nitrogens is 1. The van der Waals surface area contributed by atoms with Crippen LogP contribution in [-0.4, -0.2) is 28.6 Å². The van der Waals surface area contributed by atoms with Gasteiger partial charge in [-0.2, -0.15) is 0 Å². The molecule has 0 saturated carbocycles. The lowest BCUT2D eigenvalue weighted by Gasteiger charge is -2.09. The number of nitrogens with one attached hydrogen (secondary N) is 1. The van der Waals surface area contributed by atoms with Crippen molar-refractivity contribution >= 4 is 17.2 Å². The van der Waals surface area contributed by atoms with E-state index < -0.39 is 6.10 Å². The van der Waals surface area contributed by atoms with Gasteiger partial charge in [-0.05, 0) is 6.42 Å². The fourth-order valence-electron chi connectivity index (χ4n) is 1.39. The van der Waals surface area contributed by atoms with Gasteiger partial charge in [0.25, 0.3) is 5.91 Å². The summed E-state index contributed by atoms with van der Waals surface area (Å²) in [5.74, 6) is 0.191. The Hall–Kier alpha value is -0.940. The zero-order valence-electron chi connectivity index (χ0n) is 10.6. The fraction of sp³-hybridized carbons (Fsp3) is 0.667. The van der Waals surface area contributed by atoms with Crippen molar-refractivity contribution in [2.24, 2.45) is 0 Å². The Kier molecular flexibility index (Phi) is 5.58. The van der Waals surface area contributed by atoms with Gasteiger partial charge in [0.2, 0.25) is 0 Å². The number of hydrogen-bond acceptors (Lipinski definition) is 4. The third-order valence-electron chi connectivity index (χ3n) is 2.36. The number of rotatable bonds is 6. The maximum atomic E-state index is 11.7. The smallest absolute Gasteiger partial charge is 0.263 e. The SMILES string of the molecule is CCC[C@@H](O)CNC(=O)c1cnc(C(C)C)s1. The largest absolute Gasteiger partial charge is 0.391 e. The van der Waals surface area contributed by atoms with Crippen LogP contribution in [-0.2, 0) is 0 Å². The fourth-order valence-corrected chi connectivity index (χ4v) is 2.23. The molecule has 2 N–H and O–H groups in total. The van der Waals surface area contributed by atoms with Gasteiger partial charge in [0.05, 0.1) is 17.3 Å². The molecular formula is C12H20N2O2S. The number of nitrogens with zero attached hydrogens (tertiary/aromatic N) is 1. The minimum atomic E-state index is -0.457. The number of aliphatic hydroxyl groups excluding tert-OH is 1. The van der Waals surface area contributed by atoms with Crippen LogP contribution in [0.4, 0.5) is 0 Å². The molecule has 1 rings (SSSR count). The summed E-state index contributed by atoms with van der Waals surface area (Å²) in [6.45, 7) is 6.40. The van der Waals surface area contributed by atoms with Gasteiger partial charge in [-0.3, -0.25) is 4.79 Å². The van der Waals surface area contributed by atoms with Crippen molar-refractivity contribution in [2.75, 3.05) is 6.54 Å². The van der Waals surface area contributed by atoms with E-state index in [1.54, 1.807) is 6.20 Å². The first-order valence-corrected chi connectivity index (χ1v) is 6.78. The standard InChI is InChI=1S/C12H20N2O2S/c1-4-5-9(15)6-13-11(16)10-7-14-12(17-10)8(2)3/h7-9,15H,4-6H2,1-3H3,(H,13,16)/t9-/m1/s1. The van der Waals surface area contributed by atoms with Crippen LogP contribution in [0, 0.1) is 0 Å². The molecule has 0 aliphatic carbocycles. The highest BCUT2D eigenvalue weighted by molar-refractivity contribution is 7.13. The van der Waals surface area contributed by atoms with E-state index in [1.807, 2.05) is 20.8 Å². The second kappa shape index (κ2) is 6.71. The van der Waals surface area contributed by atoms with Crippen LogP contribution in [0.5, 0.6) is 0 Å². The number of thiazole rings is 1. The summed E-state index contributed by atoms with van der Waals surface area (Å²) < 4.78 is 0. The molecule has 0 aliphatic heterocycles. The average molecular weight is 256 g/mol. The van der Waals surface area contributed by atoms with E-state index in [-0.39, 0.29) is 5.91 Å². The Balaban J connectivity index is 2.46. The van der Waals surface area contributed by atoms with Crippen molar-refractivity contribution in [3.8, 4) is 0 Å². The van der Waals surface area contributed by atoms with E-state index in [0.717, 1.165) is 11.4 Å². The summed E-state index contributed by atoms with van der Waals surface area (Å²) in [4.78, 5) is 16.5. The average Bonchev–Trinajstić information content (AvgIpc) is 2.75. The lowest BCUT2D eigenvalue weighted by molar-refractivity contribution is 0.0914. The molecule has 1 aromatic heterocycles. The Labute approximate surface area is 106 Å². The molecule has 0 saturated heterocycles. The highest BCUT2D eigenvalue weighted by Crippen LogP contribution is 2.20. The molecular weight excluding hydrogens is 236 g/mol. The summed E-state index contributed by atoms with van der Waals surface area (Å²) >= 11 is 1.41. The van der Waals surface area contributed by atoms with Gasteiger partial charge in [0.1, 0.15) is 4.88 Å². The quantitative estimate of drug-likeness (QED) is 0.820. The first-order valence-electron chi connectivity index (χ1n) is 5.96. The molecule has 0 aliphatic rings. The van der Waals surface area contributed by atoms with Crippen LogP contribution in [0.15, 0.2) is 6.20 Å². The monoisotopic (exact) mass is 256 g/mol. The van der Waals surface area contributed by atoms with E-state index in [1.165, 1.54) is 11.3 Å². The molecule has 96 valence electrons. The zero-order valence-corrected chi connectivity index (χ0v) is 11.4. The predicted octanol–water partition coefficient (Wildman–Crippen LogP) is 2.16. The van der Waals surface area contributed by atoms with E-state index in [2.05, 4.69) is 10.3 Å². The molecule has 0 unspecified atom stereocenters. The summed E-state index contributed by atoms with van der Waals surface area (Å²) in [6.07, 6.45) is 2.76. The van der Waals surface area contributed by atoms with E-state index in [4.69, 9.17) is 0 Å². The van der Waals surface area contributed by atoms with Crippen LogP contribution in [0.2, 0.25) is 0 Å². The maximum absolute atomic E-state index is 11.7. The number of amides is 1. The van der Waals surface area contributed by atoms with Crippen LogP contribution >= 0.6 is 11.3 Å². The Morgan fingerprint density at radius 1 is 1.59 bits per heavy atom. The molecule has 0 aromatic carbocycles. The molecule has 1 heterocycles. The third kappa shape index (κ3) is 4.44. The Morgan fingerprint density at radius 3 is 2.82 bits per heavy atom. The number of hydrogen-bond donors (Lipinski definition) is 2. The first kappa shape index (κ1) is 14.1. The summed E-state index contributed by atoms with van der Waals surface area (Å²) in [5.41, 5.74) is 0. The third-order valence-corrected chi connectivity index (χ3v) is 3.66. The van der Waals surface area contributed by atoms with E-state index >= 15 is 0 Å². The minimum absolute atomic E-state index is 0.149. The van der Waals surface area contributed by atoms with Crippen molar-refractivity contribution in [1.82, 2.24) is 10.3 Å². The maximum Gasteiger partial charge on any atom is 0.263 e. The normalized spacial score (nSPS) is 12.8. The minimum Gasteiger partial charge on any atom is -0.391 e. The second-order valence-corrected chi connectivity index (χ2v) is 5.43. The van der Waals surface area contributed by atoms with Crippen molar-refractivity contribution in [3.63, 3.8) is 0 Å². The predicted molar refractivity (Wildman–Crippen MR) is 69.5 cm³/mol. The number of aliphatic hydroxyl groups is 1. The molecule has 0 bridgehead atoms. The van der Waals surface area contributed by atoms with Crippen LogP contribution < -0.4 is 5.32 Å². The lowest BCUT2D eigenvalue weighted by Crippen LogP contribution is -2.31. The van der Waals surface area contributed by atoms with Gasteiger partial charge in [0.15, 0.2) is 0 Å². The van der Waals surface area contributed by atoms with Gasteiger partial charge < -0.3 is 10.4 Å². The number of carbonyl (C=O) groups is 1. The van der Waals surface area contributed by atoms with Crippen molar-refractivity contribution < 1.29 is 9.90 Å². The zero-order chi connectivity index (χ0) is 12.8. The molecule has 0 spiro atoms. The van der Waals surface area contributed by atoms with Crippen molar-refractivity contribution in [1.29, 1.82) is 0 Å². The van der Waals surface area contributed by atoms with Gasteiger partial charge >= 0.3 is 0 Å². The van der Waals surface area contributed by atoms with E-state index in [0.29, 0.717) is 23.8 Å². The van der Waals surface area contributed by atoms with Gasteiger partial charge in [-0.1, -0.05) is 27.2 Å². The summed E-state index contributed by atoms with van der Waals surface area (Å²) in [7, 11) is 0. The summed E-state index contributed by atoms with van der Waals surface area (Å²) in [5, 5.41) is 13.2. The Bertz CT molecular complexity index is 363. The Morgan fingerprint density at radius 2 is 2.29 bits per heavy atom. The molecule has 5 heteroatoms. The van der Waals surface area contributed by atoms with Crippen LogP contribution in [0.1, 0.15) is 54.2 Å². The van der Waals surface area contributed by atoms with Gasteiger partial charge in [0, 0.05) is 12.5 Å². The number of carbonyl (C=O) groups excluding carboxylic acids is 1.